The minimum absolute atomic E-state index is 0.0139. The lowest BCUT2D eigenvalue weighted by molar-refractivity contribution is -0.143. The van der Waals surface area contributed by atoms with Gasteiger partial charge in [-0.25, -0.2) is 13.2 Å². The van der Waals surface area contributed by atoms with Gasteiger partial charge in [0.1, 0.15) is 24.7 Å². The summed E-state index contributed by atoms with van der Waals surface area (Å²) >= 11 is 1.20. The molecule has 2 aliphatic rings. The normalized spacial score (nSPS) is 23.8. The Balaban J connectivity index is 1.93. The van der Waals surface area contributed by atoms with E-state index in [1.54, 1.807) is 23.1 Å². The van der Waals surface area contributed by atoms with Crippen LogP contribution in [-0.2, 0) is 24.2 Å². The summed E-state index contributed by atoms with van der Waals surface area (Å²) in [5.74, 6) is -0.927. The first-order chi connectivity index (χ1) is 13.7. The standard InChI is InChI=1S/C17H20N2O8S2/c1-25-10-3-4-11(13(5-10)26-2)19-12-8-29(23,24)9-14(12)28-17(19)18-15(20)6-27-7-16(21)22/h3-5,12,14H,6-9H2,1-2H3,(H,21,22)/t12-,14-/m0/s1. The van der Waals surface area contributed by atoms with E-state index in [-0.39, 0.29) is 16.8 Å². The number of carbonyl (C=O) groups is 2. The van der Waals surface area contributed by atoms with Crippen LogP contribution in [0.25, 0.3) is 0 Å². The fraction of sp³-hybridized carbons (Fsp3) is 0.471. The molecule has 1 aromatic rings. The average Bonchev–Trinajstić information content (AvgIpc) is 3.11. The van der Waals surface area contributed by atoms with E-state index in [1.807, 2.05) is 0 Å². The Labute approximate surface area is 171 Å². The zero-order valence-corrected chi connectivity index (χ0v) is 17.4. The molecule has 0 saturated carbocycles. The molecular formula is C17H20N2O8S2. The van der Waals surface area contributed by atoms with Gasteiger partial charge in [-0.3, -0.25) is 4.79 Å². The van der Waals surface area contributed by atoms with E-state index in [1.165, 1.54) is 26.0 Å². The van der Waals surface area contributed by atoms with Gasteiger partial charge in [-0.05, 0) is 12.1 Å². The van der Waals surface area contributed by atoms with Crippen LogP contribution in [0.2, 0.25) is 0 Å². The van der Waals surface area contributed by atoms with Gasteiger partial charge in [-0.1, -0.05) is 11.8 Å². The zero-order chi connectivity index (χ0) is 21.2. The van der Waals surface area contributed by atoms with Crippen molar-refractivity contribution in [1.29, 1.82) is 0 Å². The number of amides is 1. The van der Waals surface area contributed by atoms with Crippen molar-refractivity contribution in [3.05, 3.63) is 18.2 Å². The number of ether oxygens (including phenoxy) is 3. The summed E-state index contributed by atoms with van der Waals surface area (Å²) in [4.78, 5) is 28.4. The summed E-state index contributed by atoms with van der Waals surface area (Å²) in [5.41, 5.74) is 0.559. The van der Waals surface area contributed by atoms with Crippen LogP contribution < -0.4 is 14.4 Å². The molecule has 2 heterocycles. The fourth-order valence-electron chi connectivity index (χ4n) is 3.19. The highest BCUT2D eigenvalue weighted by molar-refractivity contribution is 8.16. The Bertz CT molecular complexity index is 947. The number of hydrogen-bond acceptors (Lipinski definition) is 8. The SMILES string of the molecule is COc1ccc(N2C(=NC(=O)COCC(=O)O)S[C@H]3CS(=O)(=O)C[C@@H]32)c(OC)c1. The maximum atomic E-state index is 12.1. The maximum Gasteiger partial charge on any atom is 0.329 e. The number of carbonyl (C=O) groups excluding carboxylic acids is 1. The molecule has 0 bridgehead atoms. The number of aliphatic imine (C=N–C) groups is 1. The van der Waals surface area contributed by atoms with E-state index in [0.29, 0.717) is 22.4 Å². The van der Waals surface area contributed by atoms with Crippen molar-refractivity contribution in [3.63, 3.8) is 0 Å². The van der Waals surface area contributed by atoms with Gasteiger partial charge < -0.3 is 24.2 Å². The third-order valence-electron chi connectivity index (χ3n) is 4.38. The first-order valence-corrected chi connectivity index (χ1v) is 11.2. The first kappa shape index (κ1) is 21.4. The molecule has 0 radical (unpaired) electrons. The molecule has 2 fully saturated rings. The molecule has 3 rings (SSSR count). The third-order valence-corrected chi connectivity index (χ3v) is 7.59. The molecule has 158 valence electrons. The number of thioether (sulfide) groups is 1. The smallest absolute Gasteiger partial charge is 0.329 e. The van der Waals surface area contributed by atoms with Crippen molar-refractivity contribution < 1.29 is 37.3 Å². The Morgan fingerprint density at radius 3 is 2.66 bits per heavy atom. The Morgan fingerprint density at radius 1 is 1.24 bits per heavy atom. The summed E-state index contributed by atoms with van der Waals surface area (Å²) in [7, 11) is -0.218. The van der Waals surface area contributed by atoms with Gasteiger partial charge >= 0.3 is 5.97 Å². The number of rotatable bonds is 7. The van der Waals surface area contributed by atoms with Crippen molar-refractivity contribution in [2.24, 2.45) is 4.99 Å². The average molecular weight is 444 g/mol. The number of amidine groups is 1. The van der Waals surface area contributed by atoms with Gasteiger partial charge in [0.25, 0.3) is 5.91 Å². The molecular weight excluding hydrogens is 424 g/mol. The molecule has 29 heavy (non-hydrogen) atoms. The van der Waals surface area contributed by atoms with Crippen LogP contribution >= 0.6 is 11.8 Å². The van der Waals surface area contributed by atoms with Crippen molar-refractivity contribution in [2.45, 2.75) is 11.3 Å². The van der Waals surface area contributed by atoms with Crippen LogP contribution in [0.5, 0.6) is 11.5 Å². The quantitative estimate of drug-likeness (QED) is 0.630. The Hall–Kier alpha value is -2.31. The largest absolute Gasteiger partial charge is 0.497 e. The summed E-state index contributed by atoms with van der Waals surface area (Å²) < 4.78 is 39.7. The van der Waals surface area contributed by atoms with Gasteiger partial charge in [0.15, 0.2) is 15.0 Å². The van der Waals surface area contributed by atoms with Crippen LogP contribution in [0.15, 0.2) is 23.2 Å². The van der Waals surface area contributed by atoms with E-state index in [0.717, 1.165) is 0 Å². The predicted octanol–water partition coefficient (Wildman–Crippen LogP) is 0.406. The minimum atomic E-state index is -3.21. The van der Waals surface area contributed by atoms with E-state index < -0.39 is 41.0 Å². The van der Waals surface area contributed by atoms with Crippen molar-refractivity contribution in [1.82, 2.24) is 0 Å². The highest BCUT2D eigenvalue weighted by atomic mass is 32.2. The second kappa shape index (κ2) is 8.59. The Morgan fingerprint density at radius 2 is 2.00 bits per heavy atom. The summed E-state index contributed by atoms with van der Waals surface area (Å²) in [6.45, 7) is -1.10. The van der Waals surface area contributed by atoms with Crippen LogP contribution in [-0.4, -0.2) is 80.8 Å². The molecule has 1 N–H and O–H groups in total. The van der Waals surface area contributed by atoms with Crippen LogP contribution in [0.3, 0.4) is 0 Å². The molecule has 2 atom stereocenters. The number of fused-ring (bicyclic) bond motifs is 1. The fourth-order valence-corrected chi connectivity index (χ4v) is 7.12. The van der Waals surface area contributed by atoms with Crippen molar-refractivity contribution in [2.75, 3.05) is 43.8 Å². The molecule has 0 aromatic heterocycles. The number of methoxy groups -OCH3 is 2. The van der Waals surface area contributed by atoms with E-state index in [4.69, 9.17) is 19.3 Å². The molecule has 0 aliphatic carbocycles. The number of carboxylic acid groups (broad SMARTS) is 1. The number of carboxylic acids is 1. The first-order valence-electron chi connectivity index (χ1n) is 8.53. The predicted molar refractivity (Wildman–Crippen MR) is 107 cm³/mol. The second-order valence-electron chi connectivity index (χ2n) is 6.38. The molecule has 1 aromatic carbocycles. The number of anilines is 1. The highest BCUT2D eigenvalue weighted by Gasteiger charge is 2.50. The molecule has 0 unspecified atom stereocenters. The van der Waals surface area contributed by atoms with Crippen LogP contribution in [0.1, 0.15) is 0 Å². The lowest BCUT2D eigenvalue weighted by atomic mass is 10.2. The molecule has 2 saturated heterocycles. The number of hydrogen-bond donors (Lipinski definition) is 1. The van der Waals surface area contributed by atoms with E-state index in [2.05, 4.69) is 4.99 Å². The van der Waals surface area contributed by atoms with Gasteiger partial charge in [0.05, 0.1) is 37.5 Å². The van der Waals surface area contributed by atoms with Crippen LogP contribution in [0, 0.1) is 0 Å². The highest BCUT2D eigenvalue weighted by Crippen LogP contribution is 2.44. The number of nitrogens with zero attached hydrogens (tertiary/aromatic N) is 2. The molecule has 1 amide bonds. The Kier molecular flexibility index (Phi) is 6.34. The summed E-state index contributed by atoms with van der Waals surface area (Å²) in [6, 6.07) is 4.67. The zero-order valence-electron chi connectivity index (χ0n) is 15.7. The maximum absolute atomic E-state index is 12.1. The monoisotopic (exact) mass is 444 g/mol. The summed E-state index contributed by atoms with van der Waals surface area (Å²) in [5, 5.41) is 8.64. The van der Waals surface area contributed by atoms with E-state index in [9.17, 15) is 18.0 Å². The summed E-state index contributed by atoms with van der Waals surface area (Å²) in [6.07, 6.45) is 0. The molecule has 0 spiro atoms. The lowest BCUT2D eigenvalue weighted by Gasteiger charge is -2.26. The molecule has 10 nitrogen and oxygen atoms in total. The van der Waals surface area contributed by atoms with Crippen molar-refractivity contribution in [3.8, 4) is 11.5 Å². The van der Waals surface area contributed by atoms with Gasteiger partial charge in [0.2, 0.25) is 0 Å². The van der Waals surface area contributed by atoms with Gasteiger partial charge in [0, 0.05) is 11.3 Å². The van der Waals surface area contributed by atoms with Gasteiger partial charge in [-0.15, -0.1) is 0 Å². The number of sulfone groups is 1. The minimum Gasteiger partial charge on any atom is -0.497 e. The lowest BCUT2D eigenvalue weighted by Crippen LogP contribution is -2.38. The van der Waals surface area contributed by atoms with Crippen molar-refractivity contribution >= 4 is 44.3 Å². The topological polar surface area (TPSA) is 132 Å². The van der Waals surface area contributed by atoms with Crippen LogP contribution in [0.4, 0.5) is 5.69 Å². The number of benzene rings is 1. The second-order valence-corrected chi connectivity index (χ2v) is 9.74. The third kappa shape index (κ3) is 4.82. The molecule has 12 heteroatoms. The molecule has 2 aliphatic heterocycles. The van der Waals surface area contributed by atoms with Gasteiger partial charge in [-0.2, -0.15) is 4.99 Å². The van der Waals surface area contributed by atoms with E-state index >= 15 is 0 Å². The number of aliphatic carboxylic acids is 1.